The van der Waals surface area contributed by atoms with E-state index in [0.29, 0.717) is 23.8 Å². The summed E-state index contributed by atoms with van der Waals surface area (Å²) >= 11 is 0. The fraction of sp³-hybridized carbons (Fsp3) is 0.300. The quantitative estimate of drug-likeness (QED) is 0.346. The van der Waals surface area contributed by atoms with Gasteiger partial charge in [-0.05, 0) is 67.3 Å². The fourth-order valence-corrected chi connectivity index (χ4v) is 4.80. The van der Waals surface area contributed by atoms with Gasteiger partial charge < -0.3 is 10.2 Å². The lowest BCUT2D eigenvalue weighted by molar-refractivity contribution is -0.122. The first-order valence-corrected chi connectivity index (χ1v) is 12.6. The van der Waals surface area contributed by atoms with Crippen molar-refractivity contribution < 1.29 is 9.63 Å². The molecule has 1 aliphatic carbocycles. The summed E-state index contributed by atoms with van der Waals surface area (Å²) in [5, 5.41) is 3.90. The largest absolute Gasteiger partial charge is 0.379 e. The number of amides is 1. The summed E-state index contributed by atoms with van der Waals surface area (Å²) in [5.41, 5.74) is 6.19. The van der Waals surface area contributed by atoms with Gasteiger partial charge in [-0.2, -0.15) is 5.48 Å². The lowest BCUT2D eigenvalue weighted by atomic mass is 10.0. The van der Waals surface area contributed by atoms with E-state index in [9.17, 15) is 4.79 Å². The molecule has 1 amide bonds. The number of piperidine rings is 1. The van der Waals surface area contributed by atoms with E-state index in [1.807, 2.05) is 18.2 Å². The maximum Gasteiger partial charge on any atom is 0.276 e. The number of benzene rings is 3. The summed E-state index contributed by atoms with van der Waals surface area (Å²) in [6.45, 7) is 3.23. The van der Waals surface area contributed by atoms with E-state index in [-0.39, 0.29) is 5.91 Å². The topological polar surface area (TPSA) is 53.6 Å². The van der Waals surface area contributed by atoms with Crippen molar-refractivity contribution in [2.75, 3.05) is 13.1 Å². The van der Waals surface area contributed by atoms with Crippen LogP contribution in [0, 0.1) is 0 Å². The van der Waals surface area contributed by atoms with Crippen LogP contribution >= 0.6 is 0 Å². The number of carbonyl (C=O) groups is 1. The zero-order valence-corrected chi connectivity index (χ0v) is 20.0. The van der Waals surface area contributed by atoms with Gasteiger partial charge in [-0.15, -0.1) is 0 Å². The average molecular weight is 468 g/mol. The second kappa shape index (κ2) is 11.3. The highest BCUT2D eigenvalue weighted by molar-refractivity contribution is 5.91. The summed E-state index contributed by atoms with van der Waals surface area (Å²) < 4.78 is 0. The molecule has 1 saturated carbocycles. The molecule has 2 atom stereocenters. The summed E-state index contributed by atoms with van der Waals surface area (Å²) in [6, 6.07) is 29.8. The van der Waals surface area contributed by atoms with Gasteiger partial charge in [-0.3, -0.25) is 9.69 Å². The minimum Gasteiger partial charge on any atom is -0.379 e. The summed E-state index contributed by atoms with van der Waals surface area (Å²) in [7, 11) is 0. The minimum atomic E-state index is -0.296. The molecule has 2 fully saturated rings. The monoisotopic (exact) mass is 467 g/mol. The lowest BCUT2D eigenvalue weighted by Crippen LogP contribution is -2.43. The van der Waals surface area contributed by atoms with Crippen LogP contribution in [0.4, 0.5) is 0 Å². The van der Waals surface area contributed by atoms with Crippen molar-refractivity contribution in [2.24, 2.45) is 0 Å². The van der Waals surface area contributed by atoms with E-state index < -0.39 is 0 Å². The number of rotatable bonds is 9. The summed E-state index contributed by atoms with van der Waals surface area (Å²) in [5.74, 6) is 1.00. The van der Waals surface area contributed by atoms with Gasteiger partial charge in [0.1, 0.15) is 0 Å². The Kier molecular flexibility index (Phi) is 7.56. The van der Waals surface area contributed by atoms with Crippen molar-refractivity contribution in [3.63, 3.8) is 0 Å². The van der Waals surface area contributed by atoms with Gasteiger partial charge >= 0.3 is 0 Å². The number of hydrogen-bond donors (Lipinski definition) is 2. The van der Waals surface area contributed by atoms with Crippen LogP contribution in [0.25, 0.3) is 6.08 Å². The molecule has 35 heavy (non-hydrogen) atoms. The fourth-order valence-electron chi connectivity index (χ4n) is 4.80. The molecule has 5 heteroatoms. The van der Waals surface area contributed by atoms with Crippen LogP contribution in [-0.4, -0.2) is 36.0 Å². The van der Waals surface area contributed by atoms with Crippen molar-refractivity contribution in [1.82, 2.24) is 15.7 Å². The maximum absolute atomic E-state index is 12.0. The van der Waals surface area contributed by atoms with E-state index in [1.165, 1.54) is 36.5 Å². The number of hydroxylamine groups is 1. The SMILES string of the molecule is O=C(/C=C/c1ccc(CN2CCC(N[C@@H]3C[C@H]3c3ccccc3)CC2)cc1)NOc1ccccc1. The lowest BCUT2D eigenvalue weighted by Gasteiger charge is -2.32. The normalized spacial score (nSPS) is 20.6. The predicted molar refractivity (Wildman–Crippen MR) is 140 cm³/mol. The molecule has 5 rings (SSSR count). The molecule has 1 heterocycles. The molecule has 180 valence electrons. The Hall–Kier alpha value is -3.41. The molecule has 3 aromatic rings. The molecule has 1 aliphatic heterocycles. The Morgan fingerprint density at radius 3 is 2.31 bits per heavy atom. The Bertz CT molecular complexity index is 1110. The maximum atomic E-state index is 12.0. The van der Waals surface area contributed by atoms with E-state index in [1.54, 1.807) is 18.2 Å². The van der Waals surface area contributed by atoms with E-state index >= 15 is 0 Å². The molecule has 3 aromatic carbocycles. The smallest absolute Gasteiger partial charge is 0.276 e. The minimum absolute atomic E-state index is 0.296. The van der Waals surface area contributed by atoms with E-state index in [0.717, 1.165) is 25.2 Å². The molecule has 2 aliphatic rings. The van der Waals surface area contributed by atoms with Gasteiger partial charge in [0.25, 0.3) is 5.91 Å². The molecular formula is C30H33N3O2. The van der Waals surface area contributed by atoms with Gasteiger partial charge in [-0.25, -0.2) is 0 Å². The second-order valence-electron chi connectivity index (χ2n) is 9.53. The highest BCUT2D eigenvalue weighted by atomic mass is 16.7. The number of likely N-dealkylation sites (tertiary alicyclic amines) is 1. The van der Waals surface area contributed by atoms with Gasteiger partial charge in [0, 0.05) is 30.6 Å². The zero-order valence-electron chi connectivity index (χ0n) is 20.0. The predicted octanol–water partition coefficient (Wildman–Crippen LogP) is 4.92. The highest BCUT2D eigenvalue weighted by Gasteiger charge is 2.39. The number of nitrogens with one attached hydrogen (secondary N) is 2. The van der Waals surface area contributed by atoms with Gasteiger partial charge in [-0.1, -0.05) is 72.8 Å². The van der Waals surface area contributed by atoms with Crippen molar-refractivity contribution >= 4 is 12.0 Å². The van der Waals surface area contributed by atoms with Gasteiger partial charge in [0.2, 0.25) is 0 Å². The van der Waals surface area contributed by atoms with Crippen molar-refractivity contribution in [1.29, 1.82) is 0 Å². The summed E-state index contributed by atoms with van der Waals surface area (Å²) in [6.07, 6.45) is 6.97. The molecule has 0 bridgehead atoms. The number of hydrogen-bond acceptors (Lipinski definition) is 4. The van der Waals surface area contributed by atoms with Crippen LogP contribution < -0.4 is 15.6 Å². The summed E-state index contributed by atoms with van der Waals surface area (Å²) in [4.78, 5) is 19.8. The van der Waals surface area contributed by atoms with E-state index in [2.05, 4.69) is 70.3 Å². The zero-order chi connectivity index (χ0) is 23.9. The van der Waals surface area contributed by atoms with Crippen LogP contribution in [0.2, 0.25) is 0 Å². The molecule has 1 saturated heterocycles. The third kappa shape index (κ3) is 6.81. The molecular weight excluding hydrogens is 434 g/mol. The van der Waals surface area contributed by atoms with Crippen LogP contribution in [0.15, 0.2) is 91.0 Å². The van der Waals surface area contributed by atoms with Crippen molar-refractivity contribution in [3.05, 3.63) is 108 Å². The Morgan fingerprint density at radius 1 is 0.914 bits per heavy atom. The third-order valence-corrected chi connectivity index (χ3v) is 6.88. The molecule has 0 unspecified atom stereocenters. The molecule has 0 spiro atoms. The standard InChI is InChI=1S/C30H33N3O2/c34-30(32-35-27-9-5-2-6-10-27)16-15-23-11-13-24(14-12-23)22-33-19-17-26(18-20-33)31-29-21-28(29)25-7-3-1-4-8-25/h1-16,26,28-29,31H,17-22H2,(H,32,34)/b16-15+/t28-,29+/m0/s1. The number of nitrogens with zero attached hydrogens (tertiary/aromatic N) is 1. The number of para-hydroxylation sites is 1. The second-order valence-corrected chi connectivity index (χ2v) is 9.53. The van der Waals surface area contributed by atoms with Crippen LogP contribution in [0.5, 0.6) is 5.75 Å². The van der Waals surface area contributed by atoms with Crippen molar-refractivity contribution in [2.45, 2.75) is 43.8 Å². The first-order chi connectivity index (χ1) is 17.2. The van der Waals surface area contributed by atoms with Gasteiger partial charge in [0.05, 0.1) is 0 Å². The average Bonchev–Trinajstić information content (AvgIpc) is 3.68. The van der Waals surface area contributed by atoms with E-state index in [4.69, 9.17) is 4.84 Å². The number of carbonyl (C=O) groups excluding carboxylic acids is 1. The third-order valence-electron chi connectivity index (χ3n) is 6.88. The molecule has 0 radical (unpaired) electrons. The molecule has 5 nitrogen and oxygen atoms in total. The Balaban J connectivity index is 1.01. The Morgan fingerprint density at radius 2 is 1.60 bits per heavy atom. The molecule has 0 aromatic heterocycles. The first-order valence-electron chi connectivity index (χ1n) is 12.6. The highest BCUT2D eigenvalue weighted by Crippen LogP contribution is 2.41. The first kappa shape index (κ1) is 23.3. The van der Waals surface area contributed by atoms with Crippen molar-refractivity contribution in [3.8, 4) is 5.75 Å². The van der Waals surface area contributed by atoms with Crippen LogP contribution in [0.3, 0.4) is 0 Å². The van der Waals surface area contributed by atoms with Crippen LogP contribution in [-0.2, 0) is 11.3 Å². The van der Waals surface area contributed by atoms with Gasteiger partial charge in [0.15, 0.2) is 5.75 Å². The Labute approximate surface area is 207 Å². The van der Waals surface area contributed by atoms with Crippen LogP contribution in [0.1, 0.15) is 41.9 Å². The molecule has 2 N–H and O–H groups in total.